The highest BCUT2D eigenvalue weighted by Crippen LogP contribution is 2.34. The first-order chi connectivity index (χ1) is 31.1. The Hall–Kier alpha value is -7.64. The van der Waals surface area contributed by atoms with Gasteiger partial charge in [-0.2, -0.15) is 20.4 Å². The van der Waals surface area contributed by atoms with Crippen LogP contribution >= 0.6 is 0 Å². The van der Waals surface area contributed by atoms with Gasteiger partial charge in [-0.3, -0.25) is 14.3 Å². The Balaban J connectivity index is 0.000000196. The first-order valence-electron chi connectivity index (χ1n) is 20.6. The third-order valence-electron chi connectivity index (χ3n) is 10.3. The minimum Gasteiger partial charge on any atom is -0.465 e. The van der Waals surface area contributed by atoms with E-state index in [2.05, 4.69) is 25.7 Å². The summed E-state index contributed by atoms with van der Waals surface area (Å²) in [5.74, 6) is 0. The fourth-order valence-corrected chi connectivity index (χ4v) is 7.10. The number of aryl methyl sites for hydroxylation is 2. The zero-order valence-corrected chi connectivity index (χ0v) is 37.4. The van der Waals surface area contributed by atoms with Gasteiger partial charge < -0.3 is 15.2 Å². The Bertz CT molecular complexity index is 3030. The third-order valence-corrected chi connectivity index (χ3v) is 10.3. The van der Waals surface area contributed by atoms with Gasteiger partial charge >= 0.3 is 12.2 Å². The van der Waals surface area contributed by atoms with E-state index >= 15 is 0 Å². The van der Waals surface area contributed by atoms with Crippen molar-refractivity contribution in [3.05, 3.63) is 120 Å². The van der Waals surface area contributed by atoms with Crippen molar-refractivity contribution in [1.82, 2.24) is 59.0 Å². The van der Waals surface area contributed by atoms with Crippen LogP contribution in [0.1, 0.15) is 76.6 Å². The van der Waals surface area contributed by atoms with E-state index in [1.54, 1.807) is 148 Å². The van der Waals surface area contributed by atoms with Crippen LogP contribution in [-0.4, -0.2) is 82.1 Å². The van der Waals surface area contributed by atoms with E-state index in [1.165, 1.54) is 12.1 Å². The highest BCUT2D eigenvalue weighted by atomic mass is 19.3. The number of nitrogens with one attached hydrogen (secondary N) is 1. The van der Waals surface area contributed by atoms with Crippen molar-refractivity contribution in [2.75, 3.05) is 0 Å². The van der Waals surface area contributed by atoms with Gasteiger partial charge in [-0.25, -0.2) is 46.1 Å². The molecule has 0 aliphatic heterocycles. The number of amides is 2. The number of benzene rings is 2. The van der Waals surface area contributed by atoms with Gasteiger partial charge in [0.2, 0.25) is 0 Å². The summed E-state index contributed by atoms with van der Waals surface area (Å²) in [4.78, 5) is 34.3. The highest BCUT2D eigenvalue weighted by molar-refractivity contribution is 5.81. The second-order valence-corrected chi connectivity index (χ2v) is 17.4. The molecule has 20 heteroatoms. The molecule has 8 aromatic rings. The number of carbonyl (C=O) groups is 2. The summed E-state index contributed by atoms with van der Waals surface area (Å²) in [5.41, 5.74) is 4.84. The Morgan fingerprint density at radius 1 is 0.682 bits per heavy atom. The van der Waals surface area contributed by atoms with Crippen molar-refractivity contribution in [3.8, 4) is 45.0 Å². The molecule has 0 atom stereocenters. The van der Waals surface area contributed by atoms with E-state index < -0.39 is 36.2 Å². The minimum atomic E-state index is -2.78. The molecule has 66 heavy (non-hydrogen) atoms. The molecule has 8 rings (SSSR count). The van der Waals surface area contributed by atoms with E-state index in [9.17, 15) is 32.3 Å². The molecule has 0 bridgehead atoms. The summed E-state index contributed by atoms with van der Waals surface area (Å²) in [6.07, 6.45) is 6.39. The molecule has 0 radical (unpaired) electrons. The lowest BCUT2D eigenvalue weighted by atomic mass is 9.99. The van der Waals surface area contributed by atoms with Crippen LogP contribution in [0.2, 0.25) is 0 Å². The second-order valence-electron chi connectivity index (χ2n) is 17.4. The van der Waals surface area contributed by atoms with Crippen molar-refractivity contribution in [2.45, 2.75) is 78.6 Å². The molecule has 0 fully saturated rings. The van der Waals surface area contributed by atoms with Crippen molar-refractivity contribution in [1.29, 1.82) is 0 Å². The quantitative estimate of drug-likeness (QED) is 0.126. The summed E-state index contributed by atoms with van der Waals surface area (Å²) < 4.78 is 67.8. The molecule has 0 spiro atoms. The molecule has 0 aliphatic rings. The molecule has 16 nitrogen and oxygen atoms in total. The maximum Gasteiger partial charge on any atom is 0.408 e. The summed E-state index contributed by atoms with van der Waals surface area (Å²) in [5, 5.41) is 29.0. The molecule has 0 saturated heterocycles. The maximum absolute atomic E-state index is 14.1. The van der Waals surface area contributed by atoms with Crippen LogP contribution in [0.5, 0.6) is 0 Å². The Kier molecular flexibility index (Phi) is 13.0. The van der Waals surface area contributed by atoms with E-state index in [1.807, 2.05) is 12.4 Å². The molecular weight excluding hydrogens is 861 g/mol. The standard InChI is InChI=1S/2C23H24F2N6O2/c1-23(2,3)30(22(32)33)12-15-6-5-14(9-17(15)21(24)25)20-19-7-8-26-31(19)13-18(28-20)16-10-27-29(4)11-16;1-23(2,3)33-22(32)26-10-15-6-5-14(9-17(15)21(24)25)20-19-7-8-27-31(19)13-18(29-20)16-11-28-30(4)12-16/h5-11,13,21H,12H2,1-4H3,(H,32,33);5-9,11-13,21H,10H2,1-4H3,(H,26,32). The van der Waals surface area contributed by atoms with Crippen LogP contribution < -0.4 is 5.32 Å². The number of carboxylic acid groups (broad SMARTS) is 1. The first kappa shape index (κ1) is 46.4. The van der Waals surface area contributed by atoms with E-state index in [-0.39, 0.29) is 29.8 Å². The predicted octanol–water partition coefficient (Wildman–Crippen LogP) is 9.77. The minimum absolute atomic E-state index is 0.0832. The van der Waals surface area contributed by atoms with Crippen LogP contribution in [0, 0.1) is 0 Å². The van der Waals surface area contributed by atoms with E-state index in [4.69, 9.17) is 14.7 Å². The van der Waals surface area contributed by atoms with Gasteiger partial charge in [0, 0.05) is 72.0 Å². The van der Waals surface area contributed by atoms with Gasteiger partial charge in [-0.05, 0) is 76.9 Å². The summed E-state index contributed by atoms with van der Waals surface area (Å²) in [6.45, 7) is 10.1. The van der Waals surface area contributed by atoms with Gasteiger partial charge in [-0.1, -0.05) is 24.3 Å². The lowest BCUT2D eigenvalue weighted by Gasteiger charge is -2.33. The lowest BCUT2D eigenvalue weighted by Crippen LogP contribution is -2.44. The van der Waals surface area contributed by atoms with Gasteiger partial charge in [0.15, 0.2) is 0 Å². The first-order valence-corrected chi connectivity index (χ1v) is 20.6. The number of fused-ring (bicyclic) bond motifs is 2. The average Bonchev–Trinajstić information content (AvgIpc) is 4.08. The van der Waals surface area contributed by atoms with Gasteiger partial charge in [-0.15, -0.1) is 0 Å². The van der Waals surface area contributed by atoms with Gasteiger partial charge in [0.05, 0.1) is 77.5 Å². The maximum atomic E-state index is 14.1. The zero-order valence-electron chi connectivity index (χ0n) is 37.4. The number of halogens is 4. The number of rotatable bonds is 10. The van der Waals surface area contributed by atoms with Crippen molar-refractivity contribution >= 4 is 23.2 Å². The van der Waals surface area contributed by atoms with Crippen molar-refractivity contribution in [2.24, 2.45) is 14.1 Å². The second kappa shape index (κ2) is 18.5. The number of carbonyl (C=O) groups excluding carboxylic acids is 1. The average molecular weight is 909 g/mol. The van der Waals surface area contributed by atoms with Crippen LogP contribution in [0.25, 0.3) is 56.1 Å². The summed E-state index contributed by atoms with van der Waals surface area (Å²) in [6, 6.07) is 12.8. The molecule has 2 aromatic carbocycles. The van der Waals surface area contributed by atoms with Crippen LogP contribution in [0.15, 0.2) is 98.1 Å². The fraction of sp³-hybridized carbons (Fsp3) is 0.304. The number of ether oxygens (including phenoxy) is 1. The van der Waals surface area contributed by atoms with Gasteiger partial charge in [0.25, 0.3) is 12.9 Å². The number of hydrogen-bond donors (Lipinski definition) is 2. The number of alkyl carbamates (subject to hydrolysis) is 1. The number of hydrogen-bond acceptors (Lipinski definition) is 9. The molecule has 0 unspecified atom stereocenters. The molecule has 2 N–H and O–H groups in total. The normalized spacial score (nSPS) is 11.9. The van der Waals surface area contributed by atoms with Crippen molar-refractivity contribution in [3.63, 3.8) is 0 Å². The number of aromatic nitrogens is 10. The summed E-state index contributed by atoms with van der Waals surface area (Å²) >= 11 is 0. The fourth-order valence-electron chi connectivity index (χ4n) is 7.10. The molecular formula is C46H48F4N12O4. The third kappa shape index (κ3) is 10.5. The van der Waals surface area contributed by atoms with Gasteiger partial charge in [0.1, 0.15) is 5.60 Å². The van der Waals surface area contributed by atoms with E-state index in [0.29, 0.717) is 50.5 Å². The molecule has 2 amide bonds. The predicted molar refractivity (Wildman–Crippen MR) is 238 cm³/mol. The largest absolute Gasteiger partial charge is 0.465 e. The summed E-state index contributed by atoms with van der Waals surface area (Å²) in [7, 11) is 3.60. The Labute approximate surface area is 376 Å². The molecule has 0 saturated carbocycles. The number of nitrogens with zero attached hydrogens (tertiary/aromatic N) is 11. The number of alkyl halides is 4. The van der Waals surface area contributed by atoms with Crippen LogP contribution in [-0.2, 0) is 31.9 Å². The Morgan fingerprint density at radius 2 is 1.15 bits per heavy atom. The Morgan fingerprint density at radius 3 is 1.56 bits per heavy atom. The molecule has 344 valence electrons. The van der Waals surface area contributed by atoms with Crippen LogP contribution in [0.3, 0.4) is 0 Å². The van der Waals surface area contributed by atoms with Crippen molar-refractivity contribution < 1.29 is 37.0 Å². The SMILES string of the molecule is Cn1cc(-c2cn3nccc3c(-c3ccc(CN(C(=O)O)C(C)(C)C)c(C(F)F)c3)n2)cn1.Cn1cc(-c2cn3nccc3c(-c3ccc(CNC(=O)OC(C)(C)C)c(C(F)F)c3)n2)cn1. The zero-order chi connectivity index (χ0) is 47.7. The highest BCUT2D eigenvalue weighted by Gasteiger charge is 2.29. The van der Waals surface area contributed by atoms with E-state index in [0.717, 1.165) is 16.0 Å². The molecule has 6 aromatic heterocycles. The monoisotopic (exact) mass is 908 g/mol. The van der Waals surface area contributed by atoms with Crippen LogP contribution in [0.4, 0.5) is 27.2 Å². The lowest BCUT2D eigenvalue weighted by molar-refractivity contribution is 0.0522. The molecule has 6 heterocycles. The topological polar surface area (TPSA) is 175 Å². The molecule has 0 aliphatic carbocycles. The smallest absolute Gasteiger partial charge is 0.408 e.